The molecule has 0 aromatic heterocycles. The molecule has 1 fully saturated rings. The van der Waals surface area contributed by atoms with Gasteiger partial charge in [-0.05, 0) is 30.4 Å². The van der Waals surface area contributed by atoms with Gasteiger partial charge in [0.1, 0.15) is 6.61 Å². The fourth-order valence-electron chi connectivity index (χ4n) is 3.89. The summed E-state index contributed by atoms with van der Waals surface area (Å²) in [5.41, 5.74) is 2.21. The number of alkyl carbamates (subject to hydrolysis) is 1. The fraction of sp³-hybridized carbons (Fsp3) is 0.385. The number of rotatable bonds is 10. The number of unbranched alkanes of at least 4 members (excludes halogenated alkanes) is 1. The molecule has 0 saturated carbocycles. The second-order valence-electron chi connectivity index (χ2n) is 8.02. The molecule has 2 aromatic rings. The van der Waals surface area contributed by atoms with Crippen LogP contribution in [0.25, 0.3) is 0 Å². The highest BCUT2D eigenvalue weighted by Crippen LogP contribution is 2.22. The number of benzene rings is 2. The largest absolute Gasteiger partial charge is 0.469 e. The Morgan fingerprint density at radius 1 is 1.06 bits per heavy atom. The molecular weight excluding hydrogens is 404 g/mol. The summed E-state index contributed by atoms with van der Waals surface area (Å²) < 4.78 is 10.1. The zero-order valence-electron chi connectivity index (χ0n) is 18.6. The van der Waals surface area contributed by atoms with Crippen LogP contribution < -0.4 is 5.32 Å². The molecular formula is C26H32N2O4. The topological polar surface area (TPSA) is 67.9 Å². The molecule has 2 atom stereocenters. The van der Waals surface area contributed by atoms with Crippen LogP contribution in [0.5, 0.6) is 0 Å². The lowest BCUT2D eigenvalue weighted by Gasteiger charge is -2.21. The molecule has 0 radical (unpaired) electrons. The van der Waals surface area contributed by atoms with E-state index in [1.165, 1.54) is 12.7 Å². The van der Waals surface area contributed by atoms with Crippen molar-refractivity contribution < 1.29 is 19.1 Å². The van der Waals surface area contributed by atoms with Crippen molar-refractivity contribution in [2.75, 3.05) is 13.7 Å². The van der Waals surface area contributed by atoms with Gasteiger partial charge in [0, 0.05) is 31.6 Å². The highest BCUT2D eigenvalue weighted by Gasteiger charge is 2.31. The van der Waals surface area contributed by atoms with Gasteiger partial charge >= 0.3 is 12.1 Å². The number of methoxy groups -OCH3 is 1. The lowest BCUT2D eigenvalue weighted by Crippen LogP contribution is -2.37. The minimum Gasteiger partial charge on any atom is -0.469 e. The van der Waals surface area contributed by atoms with Gasteiger partial charge in [0.05, 0.1) is 7.11 Å². The Labute approximate surface area is 190 Å². The molecule has 1 aliphatic heterocycles. The highest BCUT2D eigenvalue weighted by molar-refractivity contribution is 5.69. The third-order valence-corrected chi connectivity index (χ3v) is 5.55. The van der Waals surface area contributed by atoms with Crippen molar-refractivity contribution in [1.29, 1.82) is 0 Å². The number of likely N-dealkylation sites (tertiary alicyclic amines) is 1. The summed E-state index contributed by atoms with van der Waals surface area (Å²) in [5.74, 6) is -0.178. The van der Waals surface area contributed by atoms with Crippen LogP contribution in [0.1, 0.15) is 36.8 Å². The predicted octanol–water partition coefficient (Wildman–Crippen LogP) is 4.46. The summed E-state index contributed by atoms with van der Waals surface area (Å²) in [6, 6.07) is 20.2. The van der Waals surface area contributed by atoms with Gasteiger partial charge in [0.25, 0.3) is 0 Å². The number of hydrogen-bond acceptors (Lipinski definition) is 5. The van der Waals surface area contributed by atoms with Gasteiger partial charge in [-0.1, -0.05) is 72.8 Å². The Kier molecular flexibility index (Phi) is 9.32. The number of nitrogens with one attached hydrogen (secondary N) is 1. The minimum atomic E-state index is -0.388. The molecule has 1 saturated heterocycles. The number of carbonyl (C=O) groups is 2. The molecule has 0 spiro atoms. The third kappa shape index (κ3) is 7.85. The summed E-state index contributed by atoms with van der Waals surface area (Å²) in [5, 5.41) is 3.02. The molecule has 0 bridgehead atoms. The molecule has 1 heterocycles. The van der Waals surface area contributed by atoms with E-state index in [1.54, 1.807) is 0 Å². The second kappa shape index (κ2) is 12.7. The number of carbonyl (C=O) groups excluding carboxylic acids is 2. The van der Waals surface area contributed by atoms with Crippen LogP contribution in [0.4, 0.5) is 4.79 Å². The zero-order chi connectivity index (χ0) is 22.6. The van der Waals surface area contributed by atoms with E-state index < -0.39 is 0 Å². The summed E-state index contributed by atoms with van der Waals surface area (Å²) in [6.07, 6.45) is 6.77. The molecule has 3 rings (SSSR count). The van der Waals surface area contributed by atoms with E-state index in [0.29, 0.717) is 6.42 Å². The van der Waals surface area contributed by atoms with Crippen molar-refractivity contribution in [3.8, 4) is 0 Å². The number of ether oxygens (including phenoxy) is 2. The van der Waals surface area contributed by atoms with Gasteiger partial charge in [-0.15, -0.1) is 0 Å². The zero-order valence-corrected chi connectivity index (χ0v) is 18.6. The predicted molar refractivity (Wildman–Crippen MR) is 124 cm³/mol. The minimum absolute atomic E-state index is 0.0201. The Morgan fingerprint density at radius 2 is 1.75 bits per heavy atom. The summed E-state index contributed by atoms with van der Waals surface area (Å²) in [6.45, 7) is 1.83. The number of allylic oxidation sites excluding steroid dienone is 1. The van der Waals surface area contributed by atoms with Gasteiger partial charge in [0.2, 0.25) is 0 Å². The number of esters is 1. The quantitative estimate of drug-likeness (QED) is 0.338. The van der Waals surface area contributed by atoms with Gasteiger partial charge in [-0.25, -0.2) is 4.79 Å². The number of hydrogen-bond donors (Lipinski definition) is 1. The molecule has 170 valence electrons. The summed E-state index contributed by atoms with van der Waals surface area (Å²) in [4.78, 5) is 26.0. The molecule has 0 unspecified atom stereocenters. The van der Waals surface area contributed by atoms with E-state index in [0.717, 1.165) is 37.9 Å². The van der Waals surface area contributed by atoms with Crippen LogP contribution in [-0.4, -0.2) is 42.7 Å². The Hall–Kier alpha value is -3.12. The smallest absolute Gasteiger partial charge is 0.407 e. The lowest BCUT2D eigenvalue weighted by atomic mass is 10.1. The van der Waals surface area contributed by atoms with Crippen LogP contribution in [0.2, 0.25) is 0 Å². The first kappa shape index (κ1) is 23.5. The van der Waals surface area contributed by atoms with E-state index >= 15 is 0 Å². The van der Waals surface area contributed by atoms with Crippen molar-refractivity contribution in [2.24, 2.45) is 0 Å². The normalized spacial score (nSPS) is 18.5. The first-order valence-corrected chi connectivity index (χ1v) is 11.1. The highest BCUT2D eigenvalue weighted by atomic mass is 16.5. The monoisotopic (exact) mass is 436 g/mol. The van der Waals surface area contributed by atoms with E-state index in [2.05, 4.69) is 39.2 Å². The van der Waals surface area contributed by atoms with Gasteiger partial charge in [-0.3, -0.25) is 9.69 Å². The summed E-state index contributed by atoms with van der Waals surface area (Å²) >= 11 is 0. The average molecular weight is 437 g/mol. The van der Waals surface area contributed by atoms with Crippen LogP contribution in [-0.2, 0) is 27.4 Å². The number of nitrogens with zero attached hydrogens (tertiary/aromatic N) is 1. The van der Waals surface area contributed by atoms with E-state index in [1.807, 2.05) is 48.5 Å². The van der Waals surface area contributed by atoms with Crippen molar-refractivity contribution in [3.63, 3.8) is 0 Å². The van der Waals surface area contributed by atoms with Crippen LogP contribution in [0.15, 0.2) is 72.8 Å². The third-order valence-electron chi connectivity index (χ3n) is 5.55. The molecule has 6 nitrogen and oxygen atoms in total. The molecule has 6 heteroatoms. The van der Waals surface area contributed by atoms with Crippen LogP contribution >= 0.6 is 0 Å². The fourth-order valence-corrected chi connectivity index (χ4v) is 3.89. The first-order chi connectivity index (χ1) is 15.6. The van der Waals surface area contributed by atoms with Crippen LogP contribution in [0, 0.1) is 0 Å². The first-order valence-electron chi connectivity index (χ1n) is 11.1. The van der Waals surface area contributed by atoms with Crippen LogP contribution in [0.3, 0.4) is 0 Å². The van der Waals surface area contributed by atoms with Crippen molar-refractivity contribution in [1.82, 2.24) is 10.2 Å². The maximum atomic E-state index is 12.3. The van der Waals surface area contributed by atoms with Crippen molar-refractivity contribution in [3.05, 3.63) is 83.9 Å². The van der Waals surface area contributed by atoms with E-state index in [9.17, 15) is 9.59 Å². The Bertz CT molecular complexity index is 870. The molecule has 1 N–H and O–H groups in total. The maximum absolute atomic E-state index is 12.3. The standard InChI is InChI=1S/C26H32N2O4/c1-31-25(29)16-10-4-9-15-24-17-23(19-28(24)18-21-11-5-2-6-12-21)27-26(30)32-20-22-13-7-3-8-14-22/h2-3,5-9,11-15,23-24H,4,10,16-20H2,1H3,(H,27,30)/b15-9-/t23-,24-/m1/s1. The maximum Gasteiger partial charge on any atom is 0.407 e. The Morgan fingerprint density at radius 3 is 2.44 bits per heavy atom. The van der Waals surface area contributed by atoms with E-state index in [-0.39, 0.29) is 30.8 Å². The number of amides is 1. The summed E-state index contributed by atoms with van der Waals surface area (Å²) in [7, 11) is 1.41. The van der Waals surface area contributed by atoms with E-state index in [4.69, 9.17) is 4.74 Å². The average Bonchev–Trinajstić information content (AvgIpc) is 3.19. The van der Waals surface area contributed by atoms with Gasteiger partial charge in [-0.2, -0.15) is 0 Å². The molecule has 0 aliphatic carbocycles. The SMILES string of the molecule is COC(=O)CCC/C=C\[C@@H]1C[C@@H](NC(=O)OCc2ccccc2)CN1Cc1ccccc1. The van der Waals surface area contributed by atoms with Gasteiger partial charge in [0.15, 0.2) is 0 Å². The van der Waals surface area contributed by atoms with Gasteiger partial charge < -0.3 is 14.8 Å². The molecule has 1 amide bonds. The lowest BCUT2D eigenvalue weighted by molar-refractivity contribution is -0.140. The van der Waals surface area contributed by atoms with Crippen molar-refractivity contribution in [2.45, 2.75) is 50.9 Å². The molecule has 2 aromatic carbocycles. The molecule has 1 aliphatic rings. The molecule has 32 heavy (non-hydrogen) atoms. The second-order valence-corrected chi connectivity index (χ2v) is 8.02. The Balaban J connectivity index is 1.53. The van der Waals surface area contributed by atoms with Crippen molar-refractivity contribution >= 4 is 12.1 Å².